The highest BCUT2D eigenvalue weighted by Crippen LogP contribution is 2.37. The first-order valence-electron chi connectivity index (χ1n) is 4.91. The van der Waals surface area contributed by atoms with Crippen LogP contribution in [0.25, 0.3) is 0 Å². The van der Waals surface area contributed by atoms with Crippen molar-refractivity contribution in [3.8, 4) is 17.2 Å². The van der Waals surface area contributed by atoms with Crippen molar-refractivity contribution >= 4 is 5.91 Å². The molecule has 0 radical (unpaired) electrons. The van der Waals surface area contributed by atoms with Gasteiger partial charge in [-0.15, -0.1) is 0 Å². The van der Waals surface area contributed by atoms with E-state index < -0.39 is 5.91 Å². The maximum atomic E-state index is 10.4. The second kappa shape index (κ2) is 4.89. The molecule has 1 aliphatic heterocycles. The highest BCUT2D eigenvalue weighted by molar-refractivity contribution is 5.74. The number of carbonyl (C=O) groups is 1. The molecule has 1 aromatic rings. The Balaban J connectivity index is 1.94. The van der Waals surface area contributed by atoms with Crippen LogP contribution in [0.4, 0.5) is 0 Å². The molecule has 1 heterocycles. The minimum atomic E-state index is -0.576. The number of hydroxylamine groups is 1. The number of fused-ring (bicyclic) bond motifs is 1. The Labute approximate surface area is 97.0 Å². The van der Waals surface area contributed by atoms with Gasteiger partial charge in [0, 0.05) is 18.2 Å². The normalized spacial score (nSPS) is 12.7. The van der Waals surface area contributed by atoms with E-state index in [2.05, 4.69) is 5.48 Å². The molecule has 0 aliphatic carbocycles. The monoisotopic (exact) mass is 240 g/mol. The lowest BCUT2D eigenvalue weighted by Gasteiger charge is -2.07. The molecule has 0 fully saturated rings. The minimum absolute atomic E-state index is 0.0597. The van der Waals surface area contributed by atoms with Crippen LogP contribution in [-0.2, 0) is 16.2 Å². The van der Waals surface area contributed by atoms with E-state index in [1.807, 2.05) is 0 Å². The van der Waals surface area contributed by atoms with E-state index in [9.17, 15) is 9.90 Å². The zero-order valence-electron chi connectivity index (χ0n) is 8.93. The molecule has 2 rings (SSSR count). The standard InChI is InChI=1S/C10H12N2O5/c11-10(14)4-17-12-3-6-1-8-9(2-7(6)13)16-5-15-8/h1-2,12-13H,3-5H2,(H2,11,14). The third-order valence-corrected chi connectivity index (χ3v) is 2.15. The molecule has 92 valence electrons. The highest BCUT2D eigenvalue weighted by atomic mass is 16.7. The topological polar surface area (TPSA) is 103 Å². The summed E-state index contributed by atoms with van der Waals surface area (Å²) < 4.78 is 10.3. The summed E-state index contributed by atoms with van der Waals surface area (Å²) in [4.78, 5) is 15.2. The van der Waals surface area contributed by atoms with Crippen molar-refractivity contribution in [1.82, 2.24) is 5.48 Å². The number of nitrogens with two attached hydrogens (primary N) is 1. The Morgan fingerprint density at radius 3 is 2.88 bits per heavy atom. The molecule has 1 aromatic carbocycles. The van der Waals surface area contributed by atoms with Crippen molar-refractivity contribution in [3.05, 3.63) is 17.7 Å². The van der Waals surface area contributed by atoms with Gasteiger partial charge in [-0.1, -0.05) is 0 Å². The number of aromatic hydroxyl groups is 1. The van der Waals surface area contributed by atoms with Crippen LogP contribution in [0.2, 0.25) is 0 Å². The molecule has 1 aliphatic rings. The van der Waals surface area contributed by atoms with Crippen molar-refractivity contribution in [2.45, 2.75) is 6.54 Å². The van der Waals surface area contributed by atoms with Gasteiger partial charge < -0.3 is 20.3 Å². The molecule has 0 spiro atoms. The van der Waals surface area contributed by atoms with E-state index in [0.29, 0.717) is 17.1 Å². The smallest absolute Gasteiger partial charge is 0.245 e. The van der Waals surface area contributed by atoms with Gasteiger partial charge in [0.1, 0.15) is 12.4 Å². The fraction of sp³-hybridized carbons (Fsp3) is 0.300. The van der Waals surface area contributed by atoms with Gasteiger partial charge in [0.25, 0.3) is 0 Å². The number of phenolic OH excluding ortho intramolecular Hbond substituents is 1. The number of benzene rings is 1. The van der Waals surface area contributed by atoms with Crippen molar-refractivity contribution in [1.29, 1.82) is 0 Å². The predicted octanol–water partition coefficient (Wildman–Crippen LogP) is -0.373. The molecular formula is C10H12N2O5. The lowest BCUT2D eigenvalue weighted by atomic mass is 10.2. The largest absolute Gasteiger partial charge is 0.507 e. The Morgan fingerprint density at radius 1 is 1.47 bits per heavy atom. The zero-order chi connectivity index (χ0) is 12.3. The number of primary amides is 1. The van der Waals surface area contributed by atoms with Crippen LogP contribution >= 0.6 is 0 Å². The van der Waals surface area contributed by atoms with E-state index in [-0.39, 0.29) is 25.7 Å². The number of nitrogens with one attached hydrogen (secondary N) is 1. The average molecular weight is 240 g/mol. The second-order valence-electron chi connectivity index (χ2n) is 3.41. The Hall–Kier alpha value is -1.99. The summed E-state index contributed by atoms with van der Waals surface area (Å²) in [7, 11) is 0. The lowest BCUT2D eigenvalue weighted by molar-refractivity contribution is -0.125. The molecule has 1 amide bonds. The van der Waals surface area contributed by atoms with E-state index in [0.717, 1.165) is 0 Å². The van der Waals surface area contributed by atoms with Crippen molar-refractivity contribution in [2.24, 2.45) is 5.73 Å². The summed E-state index contributed by atoms with van der Waals surface area (Å²) in [5, 5.41) is 9.66. The Bertz CT molecular complexity index is 435. The van der Waals surface area contributed by atoms with Gasteiger partial charge in [0.2, 0.25) is 12.7 Å². The molecule has 0 aromatic heterocycles. The van der Waals surface area contributed by atoms with Crippen LogP contribution in [0.15, 0.2) is 12.1 Å². The second-order valence-corrected chi connectivity index (χ2v) is 3.41. The van der Waals surface area contributed by atoms with Gasteiger partial charge in [-0.05, 0) is 6.07 Å². The number of hydrogen-bond acceptors (Lipinski definition) is 6. The van der Waals surface area contributed by atoms with Crippen LogP contribution in [0.5, 0.6) is 17.2 Å². The van der Waals surface area contributed by atoms with E-state index in [4.69, 9.17) is 20.0 Å². The number of carbonyl (C=O) groups excluding carboxylic acids is 1. The molecule has 0 unspecified atom stereocenters. The predicted molar refractivity (Wildman–Crippen MR) is 56.2 cm³/mol. The summed E-state index contributed by atoms with van der Waals surface area (Å²) in [6, 6.07) is 3.10. The van der Waals surface area contributed by atoms with Crippen LogP contribution in [0.1, 0.15) is 5.56 Å². The molecule has 7 nitrogen and oxygen atoms in total. The van der Waals surface area contributed by atoms with Crippen molar-refractivity contribution in [3.63, 3.8) is 0 Å². The maximum Gasteiger partial charge on any atom is 0.245 e. The van der Waals surface area contributed by atoms with Crippen molar-refractivity contribution < 1.29 is 24.2 Å². The molecule has 0 saturated carbocycles. The fourth-order valence-electron chi connectivity index (χ4n) is 1.37. The zero-order valence-corrected chi connectivity index (χ0v) is 8.93. The fourth-order valence-corrected chi connectivity index (χ4v) is 1.37. The van der Waals surface area contributed by atoms with E-state index in [1.165, 1.54) is 6.07 Å². The van der Waals surface area contributed by atoms with Gasteiger partial charge in [0.15, 0.2) is 11.5 Å². The maximum absolute atomic E-state index is 10.4. The third-order valence-electron chi connectivity index (χ3n) is 2.15. The molecule has 7 heteroatoms. The highest BCUT2D eigenvalue weighted by Gasteiger charge is 2.16. The summed E-state index contributed by atoms with van der Waals surface area (Å²) in [5.41, 5.74) is 7.96. The van der Waals surface area contributed by atoms with Crippen LogP contribution in [0.3, 0.4) is 0 Å². The molecule has 0 saturated heterocycles. The van der Waals surface area contributed by atoms with Crippen LogP contribution < -0.4 is 20.7 Å². The molecule has 0 bridgehead atoms. The molecule has 17 heavy (non-hydrogen) atoms. The lowest BCUT2D eigenvalue weighted by Crippen LogP contribution is -2.24. The first-order valence-corrected chi connectivity index (χ1v) is 4.91. The van der Waals surface area contributed by atoms with Crippen LogP contribution in [-0.4, -0.2) is 24.4 Å². The summed E-state index contributed by atoms with van der Waals surface area (Å²) in [6.07, 6.45) is 0. The Morgan fingerprint density at radius 2 is 2.18 bits per heavy atom. The van der Waals surface area contributed by atoms with Gasteiger partial charge in [-0.3, -0.25) is 9.63 Å². The summed E-state index contributed by atoms with van der Waals surface area (Å²) >= 11 is 0. The molecule has 4 N–H and O–H groups in total. The first kappa shape index (κ1) is 11.5. The summed E-state index contributed by atoms with van der Waals surface area (Å²) in [6.45, 7) is 0.130. The van der Waals surface area contributed by atoms with E-state index in [1.54, 1.807) is 6.07 Å². The molecule has 0 atom stereocenters. The van der Waals surface area contributed by atoms with Gasteiger partial charge in [-0.2, -0.15) is 5.48 Å². The van der Waals surface area contributed by atoms with Gasteiger partial charge in [0.05, 0.1) is 0 Å². The number of ether oxygens (including phenoxy) is 2. The average Bonchev–Trinajstić information content (AvgIpc) is 2.71. The first-order chi connectivity index (χ1) is 8.16. The SMILES string of the molecule is NC(=O)CONCc1cc2c(cc1O)OCO2. The quantitative estimate of drug-likeness (QED) is 0.479. The molecular weight excluding hydrogens is 228 g/mol. The third kappa shape index (κ3) is 2.77. The number of rotatable bonds is 5. The minimum Gasteiger partial charge on any atom is -0.507 e. The van der Waals surface area contributed by atoms with Gasteiger partial charge in [-0.25, -0.2) is 0 Å². The summed E-state index contributed by atoms with van der Waals surface area (Å²) in [5.74, 6) is 0.552. The number of amides is 1. The van der Waals surface area contributed by atoms with Crippen LogP contribution in [0, 0.1) is 0 Å². The van der Waals surface area contributed by atoms with Gasteiger partial charge >= 0.3 is 0 Å². The van der Waals surface area contributed by atoms with E-state index >= 15 is 0 Å². The van der Waals surface area contributed by atoms with Crippen molar-refractivity contribution in [2.75, 3.05) is 13.4 Å². The Kier molecular flexibility index (Phi) is 3.31. The number of hydrogen-bond donors (Lipinski definition) is 3. The number of phenols is 1.